The van der Waals surface area contributed by atoms with Crippen molar-refractivity contribution < 1.29 is 5.11 Å². The molecule has 0 heterocycles. The average molecular weight is 322 g/mol. The summed E-state index contributed by atoms with van der Waals surface area (Å²) in [6.07, 6.45) is 0. The zero-order chi connectivity index (χ0) is 17.1. The second-order valence-corrected chi connectivity index (χ2v) is 6.02. The molecule has 0 amide bonds. The molecule has 0 aliphatic carbocycles. The van der Waals surface area contributed by atoms with Gasteiger partial charge in [0, 0.05) is 5.56 Å². The lowest BCUT2D eigenvalue weighted by molar-refractivity contribution is 0.478. The number of hydrogen-bond donors (Lipinski definition) is 1. The van der Waals surface area contributed by atoms with E-state index in [1.807, 2.05) is 72.8 Å². The highest BCUT2D eigenvalue weighted by Gasteiger charge is 2.14. The minimum atomic E-state index is 0.298. The lowest BCUT2D eigenvalue weighted by atomic mass is 9.90. The van der Waals surface area contributed by atoms with Crippen LogP contribution in [0.5, 0.6) is 5.75 Å². The van der Waals surface area contributed by atoms with Gasteiger partial charge >= 0.3 is 0 Å². The van der Waals surface area contributed by atoms with Crippen molar-refractivity contribution in [2.45, 2.75) is 0 Å². The summed E-state index contributed by atoms with van der Waals surface area (Å²) in [5.74, 6) is 0.298. The molecule has 0 radical (unpaired) electrons. The molecule has 4 aromatic rings. The molecule has 0 aliphatic rings. The van der Waals surface area contributed by atoms with Gasteiger partial charge in [-0.1, -0.05) is 91.0 Å². The average Bonchev–Trinajstić information content (AvgIpc) is 2.69. The molecule has 1 N–H and O–H groups in total. The van der Waals surface area contributed by atoms with E-state index in [2.05, 4.69) is 30.3 Å². The third kappa shape index (κ3) is 3.05. The van der Waals surface area contributed by atoms with Gasteiger partial charge in [0.1, 0.15) is 5.75 Å². The van der Waals surface area contributed by atoms with Crippen molar-refractivity contribution in [1.82, 2.24) is 0 Å². The maximum Gasteiger partial charge on any atom is 0.124 e. The summed E-state index contributed by atoms with van der Waals surface area (Å²) in [4.78, 5) is 0. The zero-order valence-corrected chi connectivity index (χ0v) is 13.8. The molecule has 0 unspecified atom stereocenters. The van der Waals surface area contributed by atoms with Gasteiger partial charge in [-0.15, -0.1) is 0 Å². The van der Waals surface area contributed by atoms with E-state index < -0.39 is 0 Å². The highest BCUT2D eigenvalue weighted by Crippen LogP contribution is 2.41. The van der Waals surface area contributed by atoms with Crippen LogP contribution in [-0.2, 0) is 0 Å². The van der Waals surface area contributed by atoms with Crippen LogP contribution in [0.4, 0.5) is 0 Å². The van der Waals surface area contributed by atoms with Crippen molar-refractivity contribution in [1.29, 1.82) is 0 Å². The summed E-state index contributed by atoms with van der Waals surface area (Å²) in [6.45, 7) is 0. The molecule has 0 atom stereocenters. The van der Waals surface area contributed by atoms with Gasteiger partial charge in [-0.25, -0.2) is 0 Å². The van der Waals surface area contributed by atoms with Crippen molar-refractivity contribution in [3.8, 4) is 39.1 Å². The van der Waals surface area contributed by atoms with E-state index >= 15 is 0 Å². The lowest BCUT2D eigenvalue weighted by Crippen LogP contribution is -1.89. The third-order valence-electron chi connectivity index (χ3n) is 4.37. The SMILES string of the molecule is Oc1cc(-c2ccccc2)cc(-c2ccccc2)c1-c1ccccc1. The van der Waals surface area contributed by atoms with Crippen LogP contribution >= 0.6 is 0 Å². The first-order valence-corrected chi connectivity index (χ1v) is 8.36. The molecule has 0 saturated heterocycles. The maximum atomic E-state index is 10.8. The molecule has 0 bridgehead atoms. The Labute approximate surface area is 147 Å². The first-order chi connectivity index (χ1) is 12.3. The van der Waals surface area contributed by atoms with Crippen LogP contribution in [0.3, 0.4) is 0 Å². The van der Waals surface area contributed by atoms with Crippen molar-refractivity contribution in [2.24, 2.45) is 0 Å². The monoisotopic (exact) mass is 322 g/mol. The Hall–Kier alpha value is -3.32. The first-order valence-electron chi connectivity index (χ1n) is 8.36. The highest BCUT2D eigenvalue weighted by atomic mass is 16.3. The largest absolute Gasteiger partial charge is 0.507 e. The van der Waals surface area contributed by atoms with E-state index in [1.165, 1.54) is 0 Å². The summed E-state index contributed by atoms with van der Waals surface area (Å²) in [6, 6.07) is 34.4. The minimum Gasteiger partial charge on any atom is -0.507 e. The number of phenols is 1. The van der Waals surface area contributed by atoms with Gasteiger partial charge in [0.15, 0.2) is 0 Å². The van der Waals surface area contributed by atoms with Gasteiger partial charge < -0.3 is 5.11 Å². The predicted octanol–water partition coefficient (Wildman–Crippen LogP) is 6.39. The molecular formula is C24H18O. The first kappa shape index (κ1) is 15.2. The Balaban J connectivity index is 1.99. The molecule has 25 heavy (non-hydrogen) atoms. The summed E-state index contributed by atoms with van der Waals surface area (Å²) < 4.78 is 0. The highest BCUT2D eigenvalue weighted by molar-refractivity contribution is 5.91. The Morgan fingerprint density at radius 1 is 0.440 bits per heavy atom. The van der Waals surface area contributed by atoms with Gasteiger partial charge in [0.25, 0.3) is 0 Å². The Morgan fingerprint density at radius 3 is 1.48 bits per heavy atom. The summed E-state index contributed by atoms with van der Waals surface area (Å²) in [5, 5.41) is 10.8. The second-order valence-electron chi connectivity index (χ2n) is 6.02. The molecule has 0 spiro atoms. The fourth-order valence-corrected chi connectivity index (χ4v) is 3.18. The van der Waals surface area contributed by atoms with E-state index in [0.717, 1.165) is 33.4 Å². The Bertz CT molecular complexity index is 974. The van der Waals surface area contributed by atoms with Gasteiger partial charge in [0.05, 0.1) is 0 Å². The van der Waals surface area contributed by atoms with E-state index in [9.17, 15) is 5.11 Å². The minimum absolute atomic E-state index is 0.298. The quantitative estimate of drug-likeness (QED) is 0.463. The van der Waals surface area contributed by atoms with Crippen LogP contribution in [0, 0.1) is 0 Å². The molecule has 0 saturated carbocycles. The van der Waals surface area contributed by atoms with Crippen LogP contribution in [0.15, 0.2) is 103 Å². The molecule has 1 heteroatoms. The zero-order valence-electron chi connectivity index (χ0n) is 13.8. The Morgan fingerprint density at radius 2 is 0.920 bits per heavy atom. The van der Waals surface area contributed by atoms with Gasteiger partial charge in [-0.05, 0) is 39.9 Å². The number of benzene rings is 4. The maximum absolute atomic E-state index is 10.8. The number of rotatable bonds is 3. The number of aromatic hydroxyl groups is 1. The molecule has 1 nitrogen and oxygen atoms in total. The topological polar surface area (TPSA) is 20.2 Å². The molecular weight excluding hydrogens is 304 g/mol. The second kappa shape index (κ2) is 6.66. The van der Waals surface area contributed by atoms with Crippen LogP contribution < -0.4 is 0 Å². The van der Waals surface area contributed by atoms with Crippen molar-refractivity contribution in [3.05, 3.63) is 103 Å². The third-order valence-corrected chi connectivity index (χ3v) is 4.37. The van der Waals surface area contributed by atoms with E-state index in [-0.39, 0.29) is 0 Å². The molecule has 0 aliphatic heterocycles. The van der Waals surface area contributed by atoms with Crippen LogP contribution in [0.2, 0.25) is 0 Å². The van der Waals surface area contributed by atoms with Crippen molar-refractivity contribution in [2.75, 3.05) is 0 Å². The summed E-state index contributed by atoms with van der Waals surface area (Å²) in [5.41, 5.74) is 6.11. The number of hydrogen-bond acceptors (Lipinski definition) is 1. The standard InChI is InChI=1S/C24H18O/c25-23-17-21(18-10-4-1-5-11-18)16-22(19-12-6-2-7-13-19)24(23)20-14-8-3-9-15-20/h1-17,25H. The molecule has 4 aromatic carbocycles. The molecule has 0 aromatic heterocycles. The van der Waals surface area contributed by atoms with Gasteiger partial charge in [-0.2, -0.15) is 0 Å². The van der Waals surface area contributed by atoms with Crippen LogP contribution in [0.25, 0.3) is 33.4 Å². The van der Waals surface area contributed by atoms with Crippen LogP contribution in [-0.4, -0.2) is 5.11 Å². The van der Waals surface area contributed by atoms with Gasteiger partial charge in [0.2, 0.25) is 0 Å². The molecule has 0 fully saturated rings. The lowest BCUT2D eigenvalue weighted by Gasteiger charge is -2.15. The number of phenolic OH excluding ortho intramolecular Hbond substituents is 1. The van der Waals surface area contributed by atoms with Crippen LogP contribution in [0.1, 0.15) is 0 Å². The van der Waals surface area contributed by atoms with E-state index in [0.29, 0.717) is 5.75 Å². The van der Waals surface area contributed by atoms with E-state index in [4.69, 9.17) is 0 Å². The molecule has 4 rings (SSSR count). The molecule has 120 valence electrons. The Kier molecular flexibility index (Phi) is 4.05. The smallest absolute Gasteiger partial charge is 0.124 e. The predicted molar refractivity (Wildman–Crippen MR) is 104 cm³/mol. The van der Waals surface area contributed by atoms with Crippen molar-refractivity contribution >= 4 is 0 Å². The fraction of sp³-hybridized carbons (Fsp3) is 0. The summed E-state index contributed by atoms with van der Waals surface area (Å²) >= 11 is 0. The fourth-order valence-electron chi connectivity index (χ4n) is 3.18. The van der Waals surface area contributed by atoms with Crippen molar-refractivity contribution in [3.63, 3.8) is 0 Å². The normalized spacial score (nSPS) is 10.6. The van der Waals surface area contributed by atoms with Gasteiger partial charge in [-0.3, -0.25) is 0 Å². The summed E-state index contributed by atoms with van der Waals surface area (Å²) in [7, 11) is 0. The van der Waals surface area contributed by atoms with E-state index in [1.54, 1.807) is 0 Å².